The van der Waals surface area contributed by atoms with E-state index in [1.807, 2.05) is 19.2 Å². The number of hydrogen-bond donors (Lipinski definition) is 1. The molecular weight excluding hydrogens is 412 g/mol. The van der Waals surface area contributed by atoms with E-state index in [1.54, 1.807) is 14.2 Å². The molecule has 31 heavy (non-hydrogen) atoms. The van der Waals surface area contributed by atoms with Gasteiger partial charge in [-0.25, -0.2) is 8.42 Å². The Kier molecular flexibility index (Phi) is 6.69. The number of sulfone groups is 1. The van der Waals surface area contributed by atoms with Crippen LogP contribution in [0, 0.1) is 19.3 Å². The minimum absolute atomic E-state index is 0.144. The Morgan fingerprint density at radius 3 is 2.42 bits per heavy atom. The minimum atomic E-state index is -2.99. The van der Waals surface area contributed by atoms with E-state index in [1.165, 1.54) is 23.2 Å². The lowest BCUT2D eigenvalue weighted by Crippen LogP contribution is -2.42. The fraction of sp³-hybridized carbons (Fsp3) is 0.522. The van der Waals surface area contributed by atoms with Gasteiger partial charge in [0.25, 0.3) is 0 Å². The molecule has 0 aliphatic heterocycles. The number of aryl methyl sites for hydroxylation is 1. The van der Waals surface area contributed by atoms with Crippen molar-refractivity contribution < 1.29 is 13.2 Å². The zero-order valence-electron chi connectivity index (χ0n) is 19.4. The first kappa shape index (κ1) is 23.2. The summed E-state index contributed by atoms with van der Waals surface area (Å²) in [6, 6.07) is 10.3. The van der Waals surface area contributed by atoms with E-state index in [-0.39, 0.29) is 11.2 Å². The monoisotopic (exact) mass is 446 g/mol. The Labute approximate surface area is 186 Å². The van der Waals surface area contributed by atoms with E-state index in [9.17, 15) is 8.42 Å². The Morgan fingerprint density at radius 1 is 1.26 bits per heavy atom. The molecule has 1 aliphatic carbocycles. The number of methoxy groups -OCH3 is 1. The summed E-state index contributed by atoms with van der Waals surface area (Å²) < 4.78 is 31.0. The Morgan fingerprint density at radius 2 is 1.90 bits per heavy atom. The summed E-state index contributed by atoms with van der Waals surface area (Å²) in [5.74, 6) is 1.84. The van der Waals surface area contributed by atoms with Crippen LogP contribution in [0.25, 0.3) is 5.69 Å². The van der Waals surface area contributed by atoms with E-state index in [2.05, 4.69) is 51.8 Å². The maximum atomic E-state index is 11.7. The number of nitrogens with one attached hydrogen (secondary N) is 1. The fourth-order valence-corrected chi connectivity index (χ4v) is 5.71. The first-order chi connectivity index (χ1) is 14.6. The van der Waals surface area contributed by atoms with Crippen LogP contribution in [0.5, 0.6) is 5.75 Å². The number of rotatable bonds is 8. The number of guanidine groups is 1. The van der Waals surface area contributed by atoms with Gasteiger partial charge >= 0.3 is 0 Å². The molecular formula is C23H34N4O3S. The quantitative estimate of drug-likeness (QED) is 0.498. The molecule has 0 amide bonds. The average Bonchev–Trinajstić information content (AvgIpc) is 3.39. The third-order valence-corrected chi connectivity index (χ3v) is 7.13. The number of aromatic nitrogens is 1. The van der Waals surface area contributed by atoms with Crippen LogP contribution in [0.15, 0.2) is 35.3 Å². The van der Waals surface area contributed by atoms with Crippen LogP contribution in [-0.4, -0.2) is 63.6 Å². The molecule has 1 N–H and O–H groups in total. The predicted octanol–water partition coefficient (Wildman–Crippen LogP) is 2.93. The van der Waals surface area contributed by atoms with Crippen molar-refractivity contribution in [2.75, 3.05) is 39.8 Å². The molecule has 0 spiro atoms. The van der Waals surface area contributed by atoms with Crippen molar-refractivity contribution >= 4 is 15.8 Å². The third-order valence-electron chi connectivity index (χ3n) is 5.99. The highest BCUT2D eigenvalue weighted by atomic mass is 32.2. The number of ether oxygens (including phenoxy) is 1. The average molecular weight is 447 g/mol. The van der Waals surface area contributed by atoms with Gasteiger partial charge in [-0.3, -0.25) is 4.99 Å². The second kappa shape index (κ2) is 8.94. The van der Waals surface area contributed by atoms with Gasteiger partial charge in [0, 0.05) is 55.9 Å². The zero-order valence-corrected chi connectivity index (χ0v) is 20.2. The van der Waals surface area contributed by atoms with Crippen LogP contribution in [0.1, 0.15) is 29.8 Å². The molecule has 3 rings (SSSR count). The lowest BCUT2D eigenvalue weighted by molar-refractivity contribution is 0.414. The molecule has 2 aromatic rings. The topological polar surface area (TPSA) is 75.9 Å². The fourth-order valence-electron chi connectivity index (χ4n) is 4.20. The first-order valence-electron chi connectivity index (χ1n) is 10.5. The smallest absolute Gasteiger partial charge is 0.193 e. The van der Waals surface area contributed by atoms with E-state index >= 15 is 0 Å². The normalized spacial score (nSPS) is 15.6. The molecule has 8 heteroatoms. The van der Waals surface area contributed by atoms with Crippen LogP contribution in [0.4, 0.5) is 0 Å². The Hall–Kier alpha value is -2.48. The van der Waals surface area contributed by atoms with Crippen LogP contribution in [0.2, 0.25) is 0 Å². The van der Waals surface area contributed by atoms with Gasteiger partial charge in [-0.05, 0) is 62.6 Å². The van der Waals surface area contributed by atoms with Crippen molar-refractivity contribution in [1.82, 2.24) is 14.8 Å². The van der Waals surface area contributed by atoms with Crippen molar-refractivity contribution in [3.05, 3.63) is 47.3 Å². The summed E-state index contributed by atoms with van der Waals surface area (Å²) in [4.78, 5) is 6.49. The molecule has 0 unspecified atom stereocenters. The molecule has 1 aromatic carbocycles. The van der Waals surface area contributed by atoms with Gasteiger partial charge in [0.1, 0.15) is 15.6 Å². The standard InChI is InChI=1S/C23H34N4O3S/c1-17-13-19(18(2)27(17)20-7-9-21(30-5)10-8-20)14-26(4)22(24-3)25-15-23(11-12-23)16-31(6,28)29/h7-10,13H,11-12,14-16H2,1-6H3,(H,24,25). The van der Waals surface area contributed by atoms with Crippen molar-refractivity contribution in [1.29, 1.82) is 0 Å². The number of hydrogen-bond acceptors (Lipinski definition) is 4. The van der Waals surface area contributed by atoms with Gasteiger partial charge in [-0.1, -0.05) is 0 Å². The molecule has 170 valence electrons. The molecule has 0 atom stereocenters. The molecule has 0 saturated heterocycles. The maximum Gasteiger partial charge on any atom is 0.193 e. The van der Waals surface area contributed by atoms with Crippen molar-refractivity contribution in [2.45, 2.75) is 33.2 Å². The predicted molar refractivity (Wildman–Crippen MR) is 126 cm³/mol. The zero-order chi connectivity index (χ0) is 22.8. The van der Waals surface area contributed by atoms with Crippen molar-refractivity contribution in [3.8, 4) is 11.4 Å². The molecule has 7 nitrogen and oxygen atoms in total. The number of nitrogens with zero attached hydrogens (tertiary/aromatic N) is 3. The Balaban J connectivity index is 1.70. The van der Waals surface area contributed by atoms with Crippen LogP contribution in [0.3, 0.4) is 0 Å². The largest absolute Gasteiger partial charge is 0.497 e. The van der Waals surface area contributed by atoms with Gasteiger partial charge < -0.3 is 19.5 Å². The molecule has 0 bridgehead atoms. The highest BCUT2D eigenvalue weighted by Crippen LogP contribution is 2.46. The van der Waals surface area contributed by atoms with Gasteiger partial charge in [0.05, 0.1) is 12.9 Å². The van der Waals surface area contributed by atoms with Gasteiger partial charge in [0.2, 0.25) is 0 Å². The summed E-state index contributed by atoms with van der Waals surface area (Å²) in [5.41, 5.74) is 4.52. The van der Waals surface area contributed by atoms with E-state index < -0.39 is 9.84 Å². The molecule has 1 fully saturated rings. The summed E-state index contributed by atoms with van der Waals surface area (Å²) in [5, 5.41) is 3.39. The lowest BCUT2D eigenvalue weighted by Gasteiger charge is -2.24. The van der Waals surface area contributed by atoms with Crippen molar-refractivity contribution in [2.24, 2.45) is 10.4 Å². The summed E-state index contributed by atoms with van der Waals surface area (Å²) >= 11 is 0. The Bertz CT molecular complexity index is 1050. The highest BCUT2D eigenvalue weighted by molar-refractivity contribution is 7.90. The van der Waals surface area contributed by atoms with Crippen LogP contribution < -0.4 is 10.1 Å². The van der Waals surface area contributed by atoms with Crippen LogP contribution >= 0.6 is 0 Å². The molecule has 1 aliphatic rings. The van der Waals surface area contributed by atoms with E-state index in [4.69, 9.17) is 4.74 Å². The van der Waals surface area contributed by atoms with E-state index in [0.29, 0.717) is 13.1 Å². The van der Waals surface area contributed by atoms with Gasteiger partial charge in [0.15, 0.2) is 5.96 Å². The summed E-state index contributed by atoms with van der Waals surface area (Å²) in [7, 11) is 2.45. The minimum Gasteiger partial charge on any atom is -0.497 e. The summed E-state index contributed by atoms with van der Waals surface area (Å²) in [6.45, 7) is 5.56. The highest BCUT2D eigenvalue weighted by Gasteiger charge is 2.45. The second-order valence-corrected chi connectivity index (χ2v) is 10.9. The lowest BCUT2D eigenvalue weighted by atomic mass is 10.1. The van der Waals surface area contributed by atoms with E-state index in [0.717, 1.165) is 30.2 Å². The molecule has 0 radical (unpaired) electrons. The van der Waals surface area contributed by atoms with Gasteiger partial charge in [-0.15, -0.1) is 0 Å². The maximum absolute atomic E-state index is 11.7. The molecule has 1 aromatic heterocycles. The van der Waals surface area contributed by atoms with Gasteiger partial charge in [-0.2, -0.15) is 0 Å². The number of aliphatic imine (C=N–C) groups is 1. The van der Waals surface area contributed by atoms with Crippen molar-refractivity contribution in [3.63, 3.8) is 0 Å². The molecule has 1 heterocycles. The summed E-state index contributed by atoms with van der Waals surface area (Å²) in [6.07, 6.45) is 3.19. The van der Waals surface area contributed by atoms with Crippen LogP contribution in [-0.2, 0) is 16.4 Å². The SMILES string of the molecule is CN=C(NCC1(CS(C)(=O)=O)CC1)N(C)Cc1cc(C)n(-c2ccc(OC)cc2)c1C. The third kappa shape index (κ3) is 5.61. The molecule has 1 saturated carbocycles. The first-order valence-corrected chi connectivity index (χ1v) is 12.6. The number of benzene rings is 1. The second-order valence-electron chi connectivity index (χ2n) is 8.76.